The second-order valence-electron chi connectivity index (χ2n) is 4.21. The highest BCUT2D eigenvalue weighted by Gasteiger charge is 2.07. The van der Waals surface area contributed by atoms with E-state index in [1.165, 1.54) is 16.6 Å². The Morgan fingerprint density at radius 1 is 1.12 bits per heavy atom. The van der Waals surface area contributed by atoms with Crippen molar-refractivity contribution in [2.75, 3.05) is 11.9 Å². The van der Waals surface area contributed by atoms with Crippen molar-refractivity contribution >= 4 is 16.6 Å². The summed E-state index contributed by atoms with van der Waals surface area (Å²) < 4.78 is 0. The molecule has 1 N–H and O–H groups in total. The first-order valence-corrected chi connectivity index (χ1v) is 6.45. The summed E-state index contributed by atoms with van der Waals surface area (Å²) in [4.78, 5) is 4.77. The van der Waals surface area contributed by atoms with E-state index >= 15 is 0 Å². The number of para-hydroxylation sites is 1. The zero-order chi connectivity index (χ0) is 12.3. The number of nitrogens with one attached hydrogen (secondary N) is 1. The molecule has 0 unspecified atom stereocenters. The maximum Gasteiger partial charge on any atom is 0.0757 e. The number of hydrogen-bond acceptors (Lipinski definition) is 2. The number of aromatic nitrogens is 1. The first-order chi connectivity index (χ1) is 8.30. The number of hydrogen-bond donors (Lipinski definition) is 1. The number of nitrogens with zero attached hydrogens (tertiary/aromatic N) is 1. The largest absolute Gasteiger partial charge is 0.385 e. The van der Waals surface area contributed by atoms with Crippen LogP contribution in [0.15, 0.2) is 24.3 Å². The van der Waals surface area contributed by atoms with Crippen LogP contribution in [0.3, 0.4) is 0 Å². The van der Waals surface area contributed by atoms with Gasteiger partial charge in [-0.3, -0.25) is 4.98 Å². The average molecular weight is 228 g/mol. The zero-order valence-electron chi connectivity index (χ0n) is 10.9. The number of rotatable bonds is 4. The molecule has 2 heteroatoms. The summed E-state index contributed by atoms with van der Waals surface area (Å²) in [5.41, 5.74) is 4.86. The minimum atomic E-state index is 0.943. The summed E-state index contributed by atoms with van der Waals surface area (Å²) in [6, 6.07) is 8.62. The smallest absolute Gasteiger partial charge is 0.0757 e. The lowest BCUT2D eigenvalue weighted by Crippen LogP contribution is -2.01. The number of aryl methyl sites for hydroxylation is 2. The summed E-state index contributed by atoms with van der Waals surface area (Å²) in [6.07, 6.45) is 2.01. The van der Waals surface area contributed by atoms with E-state index in [1.807, 2.05) is 0 Å². The lowest BCUT2D eigenvalue weighted by atomic mass is 10.1. The number of pyridine rings is 1. The third-order valence-electron chi connectivity index (χ3n) is 3.09. The van der Waals surface area contributed by atoms with Crippen molar-refractivity contribution in [1.29, 1.82) is 0 Å². The Kier molecular flexibility index (Phi) is 3.62. The van der Waals surface area contributed by atoms with Gasteiger partial charge in [0.2, 0.25) is 0 Å². The number of benzene rings is 1. The second kappa shape index (κ2) is 5.17. The van der Waals surface area contributed by atoms with Crippen LogP contribution in [0.5, 0.6) is 0 Å². The molecule has 0 spiro atoms. The van der Waals surface area contributed by atoms with Crippen LogP contribution in [-0.4, -0.2) is 11.5 Å². The third-order valence-corrected chi connectivity index (χ3v) is 3.09. The van der Waals surface area contributed by atoms with E-state index in [1.54, 1.807) is 0 Å². The molecule has 1 aromatic carbocycles. The molecule has 1 heterocycles. The Bertz CT molecular complexity index is 518. The maximum absolute atomic E-state index is 4.77. The lowest BCUT2D eigenvalue weighted by Gasteiger charge is -2.12. The van der Waals surface area contributed by atoms with Gasteiger partial charge in [0.1, 0.15) is 0 Å². The summed E-state index contributed by atoms with van der Waals surface area (Å²) in [7, 11) is 0. The zero-order valence-corrected chi connectivity index (χ0v) is 10.9. The summed E-state index contributed by atoms with van der Waals surface area (Å²) in [5, 5.41) is 4.68. The van der Waals surface area contributed by atoms with E-state index in [0.717, 1.165) is 30.6 Å². The van der Waals surface area contributed by atoms with E-state index in [-0.39, 0.29) is 0 Å². The van der Waals surface area contributed by atoms with E-state index in [9.17, 15) is 0 Å². The summed E-state index contributed by atoms with van der Waals surface area (Å²) in [5.74, 6) is 0. The molecule has 1 aromatic heterocycles. The van der Waals surface area contributed by atoms with Gasteiger partial charge in [-0.2, -0.15) is 0 Å². The summed E-state index contributed by atoms with van der Waals surface area (Å²) in [6.45, 7) is 7.40. The molecule has 0 bridgehead atoms. The molecule has 0 amide bonds. The normalized spacial score (nSPS) is 10.8. The molecule has 0 saturated heterocycles. The highest BCUT2D eigenvalue weighted by atomic mass is 14.9. The van der Waals surface area contributed by atoms with E-state index in [2.05, 4.69) is 50.4 Å². The van der Waals surface area contributed by atoms with Crippen molar-refractivity contribution in [1.82, 2.24) is 4.98 Å². The number of fused-ring (bicyclic) bond motifs is 1. The second-order valence-corrected chi connectivity index (χ2v) is 4.21. The monoisotopic (exact) mass is 228 g/mol. The predicted octanol–water partition coefficient (Wildman–Crippen LogP) is 3.79. The standard InChI is InChI=1S/C15H20N2/c1-4-11-8-7-9-13-14(16-6-3)10-12(5-2)17-15(11)13/h7-10H,4-6H2,1-3H3,(H,16,17). The highest BCUT2D eigenvalue weighted by molar-refractivity contribution is 5.93. The van der Waals surface area contributed by atoms with Gasteiger partial charge < -0.3 is 5.32 Å². The van der Waals surface area contributed by atoms with Crippen LogP contribution in [0.2, 0.25) is 0 Å². The van der Waals surface area contributed by atoms with Gasteiger partial charge >= 0.3 is 0 Å². The van der Waals surface area contributed by atoms with Gasteiger partial charge in [-0.05, 0) is 31.4 Å². The van der Waals surface area contributed by atoms with E-state index < -0.39 is 0 Å². The van der Waals surface area contributed by atoms with Crippen LogP contribution in [0.1, 0.15) is 32.0 Å². The van der Waals surface area contributed by atoms with Crippen LogP contribution in [0.4, 0.5) is 5.69 Å². The molecule has 0 aliphatic rings. The molecule has 0 aliphatic carbocycles. The van der Waals surface area contributed by atoms with E-state index in [4.69, 9.17) is 4.98 Å². The van der Waals surface area contributed by atoms with Crippen molar-refractivity contribution in [3.05, 3.63) is 35.5 Å². The topological polar surface area (TPSA) is 24.9 Å². The molecule has 90 valence electrons. The number of anilines is 1. The Morgan fingerprint density at radius 2 is 1.94 bits per heavy atom. The van der Waals surface area contributed by atoms with Crippen LogP contribution < -0.4 is 5.32 Å². The minimum Gasteiger partial charge on any atom is -0.385 e. The third kappa shape index (κ3) is 2.26. The Labute approximate surface area is 103 Å². The van der Waals surface area contributed by atoms with Crippen molar-refractivity contribution < 1.29 is 0 Å². The fourth-order valence-electron chi connectivity index (χ4n) is 2.16. The van der Waals surface area contributed by atoms with Gasteiger partial charge in [0.05, 0.1) is 5.52 Å². The molecule has 2 aromatic rings. The molecule has 0 fully saturated rings. The Balaban J connectivity index is 2.70. The maximum atomic E-state index is 4.77. The molecule has 0 atom stereocenters. The lowest BCUT2D eigenvalue weighted by molar-refractivity contribution is 1.04. The fraction of sp³-hybridized carbons (Fsp3) is 0.400. The van der Waals surface area contributed by atoms with E-state index in [0.29, 0.717) is 0 Å². The molecule has 2 nitrogen and oxygen atoms in total. The molecule has 2 rings (SSSR count). The molecular weight excluding hydrogens is 208 g/mol. The fourth-order valence-corrected chi connectivity index (χ4v) is 2.16. The predicted molar refractivity (Wildman–Crippen MR) is 74.7 cm³/mol. The van der Waals surface area contributed by atoms with Gasteiger partial charge in [0.25, 0.3) is 0 Å². The van der Waals surface area contributed by atoms with Gasteiger partial charge in [-0.15, -0.1) is 0 Å². The molecule has 17 heavy (non-hydrogen) atoms. The molecule has 0 radical (unpaired) electrons. The van der Waals surface area contributed by atoms with Gasteiger partial charge in [-0.25, -0.2) is 0 Å². The van der Waals surface area contributed by atoms with Crippen LogP contribution in [-0.2, 0) is 12.8 Å². The molecule has 0 aliphatic heterocycles. The van der Waals surface area contributed by atoms with Gasteiger partial charge in [0.15, 0.2) is 0 Å². The van der Waals surface area contributed by atoms with Gasteiger partial charge in [-0.1, -0.05) is 32.0 Å². The average Bonchev–Trinajstić information content (AvgIpc) is 2.38. The van der Waals surface area contributed by atoms with Gasteiger partial charge in [0, 0.05) is 23.3 Å². The van der Waals surface area contributed by atoms with Crippen LogP contribution >= 0.6 is 0 Å². The van der Waals surface area contributed by atoms with Crippen LogP contribution in [0.25, 0.3) is 10.9 Å². The first kappa shape index (κ1) is 11.9. The van der Waals surface area contributed by atoms with Crippen LogP contribution in [0, 0.1) is 0 Å². The van der Waals surface area contributed by atoms with Crippen molar-refractivity contribution in [3.63, 3.8) is 0 Å². The molecular formula is C15H20N2. The van der Waals surface area contributed by atoms with Crippen molar-refractivity contribution in [2.24, 2.45) is 0 Å². The van der Waals surface area contributed by atoms with Crippen molar-refractivity contribution in [2.45, 2.75) is 33.6 Å². The Morgan fingerprint density at radius 3 is 2.59 bits per heavy atom. The SMILES string of the molecule is CCNc1cc(CC)nc2c(CC)cccc12. The highest BCUT2D eigenvalue weighted by Crippen LogP contribution is 2.26. The molecule has 0 saturated carbocycles. The quantitative estimate of drug-likeness (QED) is 0.861. The Hall–Kier alpha value is -1.57. The first-order valence-electron chi connectivity index (χ1n) is 6.45. The summed E-state index contributed by atoms with van der Waals surface area (Å²) >= 11 is 0. The van der Waals surface area contributed by atoms with Crippen molar-refractivity contribution in [3.8, 4) is 0 Å². The minimum absolute atomic E-state index is 0.943.